The van der Waals surface area contributed by atoms with Gasteiger partial charge in [0.05, 0.1) is 5.69 Å². The molecule has 1 atom stereocenters. The molecule has 7 heteroatoms. The molecule has 1 amide bonds. The Hall–Kier alpha value is -2.25. The lowest BCUT2D eigenvalue weighted by atomic mass is 10.2. The molecule has 2 aliphatic heterocycles. The average molecular weight is 359 g/mol. The first-order chi connectivity index (χ1) is 12.7. The molecule has 0 spiro atoms. The molecule has 138 valence electrons. The van der Waals surface area contributed by atoms with E-state index in [1.54, 1.807) is 18.4 Å². The van der Waals surface area contributed by atoms with E-state index in [4.69, 9.17) is 9.15 Å². The number of carbonyl (C=O) groups excluding carboxylic acids is 1. The molecular formula is C19H22FN3O3. The van der Waals surface area contributed by atoms with E-state index in [-0.39, 0.29) is 17.8 Å². The van der Waals surface area contributed by atoms with Crippen molar-refractivity contribution in [3.8, 4) is 11.5 Å². The van der Waals surface area contributed by atoms with Crippen molar-refractivity contribution < 1.29 is 18.3 Å². The summed E-state index contributed by atoms with van der Waals surface area (Å²) >= 11 is 0. The van der Waals surface area contributed by atoms with Gasteiger partial charge in [-0.1, -0.05) is 0 Å². The maximum absolute atomic E-state index is 13.0. The van der Waals surface area contributed by atoms with Gasteiger partial charge in [0.15, 0.2) is 0 Å². The molecule has 2 aromatic rings. The van der Waals surface area contributed by atoms with Crippen LogP contribution < -0.4 is 0 Å². The van der Waals surface area contributed by atoms with Crippen LogP contribution in [0.25, 0.3) is 11.5 Å². The Morgan fingerprint density at radius 3 is 2.65 bits per heavy atom. The third kappa shape index (κ3) is 3.78. The van der Waals surface area contributed by atoms with E-state index in [1.807, 2.05) is 4.90 Å². The number of nitrogens with zero attached hydrogens (tertiary/aromatic N) is 3. The second-order valence-electron chi connectivity index (χ2n) is 6.75. The van der Waals surface area contributed by atoms with E-state index in [0.717, 1.165) is 37.2 Å². The Balaban J connectivity index is 1.30. The van der Waals surface area contributed by atoms with Crippen LogP contribution in [0.15, 0.2) is 34.9 Å². The Labute approximate surface area is 151 Å². The van der Waals surface area contributed by atoms with Gasteiger partial charge in [0.1, 0.15) is 18.2 Å². The highest BCUT2D eigenvalue weighted by atomic mass is 19.1. The van der Waals surface area contributed by atoms with Crippen molar-refractivity contribution in [2.45, 2.75) is 25.5 Å². The lowest BCUT2D eigenvalue weighted by molar-refractivity contribution is -0.142. The summed E-state index contributed by atoms with van der Waals surface area (Å²) in [6.07, 6.45) is 3.21. The molecule has 6 nitrogen and oxygen atoms in total. The minimum absolute atomic E-state index is 0.127. The maximum Gasteiger partial charge on any atom is 0.251 e. The molecule has 2 aliphatic rings. The summed E-state index contributed by atoms with van der Waals surface area (Å²) in [5, 5.41) is 0. The standard InChI is InChI=1S/C19H22FN3O3/c20-15-5-3-14(4-6-15)18-21-16(13-26-18)12-22-7-9-23(10-8-22)19(24)17-2-1-11-25-17/h3-6,13,17H,1-2,7-12H2/t17-/m0/s1. The topological polar surface area (TPSA) is 58.8 Å². The summed E-state index contributed by atoms with van der Waals surface area (Å²) in [5.74, 6) is 0.338. The number of aromatic nitrogens is 1. The Morgan fingerprint density at radius 1 is 1.19 bits per heavy atom. The van der Waals surface area contributed by atoms with Crippen LogP contribution in [-0.4, -0.2) is 59.6 Å². The van der Waals surface area contributed by atoms with Gasteiger partial charge < -0.3 is 14.1 Å². The summed E-state index contributed by atoms with van der Waals surface area (Å²) in [5.41, 5.74) is 1.59. The summed E-state index contributed by atoms with van der Waals surface area (Å²) in [6, 6.07) is 6.09. The van der Waals surface area contributed by atoms with Crippen molar-refractivity contribution in [3.63, 3.8) is 0 Å². The average Bonchev–Trinajstić information content (AvgIpc) is 3.35. The van der Waals surface area contributed by atoms with Crippen molar-refractivity contribution in [1.82, 2.24) is 14.8 Å². The molecule has 3 heterocycles. The van der Waals surface area contributed by atoms with E-state index in [1.165, 1.54) is 12.1 Å². The number of piperazine rings is 1. The second-order valence-corrected chi connectivity index (χ2v) is 6.75. The second kappa shape index (κ2) is 7.55. The Morgan fingerprint density at radius 2 is 1.96 bits per heavy atom. The largest absolute Gasteiger partial charge is 0.444 e. The molecule has 0 saturated carbocycles. The molecule has 4 rings (SSSR count). The van der Waals surface area contributed by atoms with Gasteiger partial charge in [0.2, 0.25) is 5.89 Å². The maximum atomic E-state index is 13.0. The zero-order valence-corrected chi connectivity index (χ0v) is 14.6. The molecule has 0 N–H and O–H groups in total. The Kier molecular flexibility index (Phi) is 4.99. The summed E-state index contributed by atoms with van der Waals surface area (Å²) in [6.45, 7) is 4.39. The first-order valence-corrected chi connectivity index (χ1v) is 9.02. The number of benzene rings is 1. The van der Waals surface area contributed by atoms with Gasteiger partial charge in [-0.25, -0.2) is 9.37 Å². The minimum Gasteiger partial charge on any atom is -0.444 e. The minimum atomic E-state index is -0.282. The zero-order chi connectivity index (χ0) is 17.9. The van der Waals surface area contributed by atoms with Crippen LogP contribution in [0.3, 0.4) is 0 Å². The molecule has 26 heavy (non-hydrogen) atoms. The number of hydrogen-bond acceptors (Lipinski definition) is 5. The van der Waals surface area contributed by atoms with Crippen LogP contribution in [0.2, 0.25) is 0 Å². The fourth-order valence-corrected chi connectivity index (χ4v) is 3.44. The Bertz CT molecular complexity index is 748. The van der Waals surface area contributed by atoms with Gasteiger partial charge in [-0.3, -0.25) is 9.69 Å². The number of halogens is 1. The predicted octanol–water partition coefficient (Wildman–Crippen LogP) is 2.30. The number of carbonyl (C=O) groups is 1. The number of ether oxygens (including phenoxy) is 1. The quantitative estimate of drug-likeness (QED) is 0.838. The van der Waals surface area contributed by atoms with Crippen LogP contribution in [0.5, 0.6) is 0 Å². The highest BCUT2D eigenvalue weighted by Gasteiger charge is 2.30. The van der Waals surface area contributed by atoms with Crippen molar-refractivity contribution in [1.29, 1.82) is 0 Å². The fraction of sp³-hybridized carbons (Fsp3) is 0.474. The van der Waals surface area contributed by atoms with Crippen molar-refractivity contribution in [2.24, 2.45) is 0 Å². The van der Waals surface area contributed by atoms with Gasteiger partial charge in [-0.15, -0.1) is 0 Å². The first-order valence-electron chi connectivity index (χ1n) is 9.02. The van der Waals surface area contributed by atoms with Crippen LogP contribution in [0.4, 0.5) is 4.39 Å². The highest BCUT2D eigenvalue weighted by Crippen LogP contribution is 2.20. The van der Waals surface area contributed by atoms with Crippen molar-refractivity contribution in [3.05, 3.63) is 42.0 Å². The van der Waals surface area contributed by atoms with Gasteiger partial charge in [-0.05, 0) is 37.1 Å². The van der Waals surface area contributed by atoms with Crippen LogP contribution in [0, 0.1) is 5.82 Å². The molecule has 0 aliphatic carbocycles. The third-order valence-corrected chi connectivity index (χ3v) is 4.92. The monoisotopic (exact) mass is 359 g/mol. The number of amides is 1. The number of oxazole rings is 1. The van der Waals surface area contributed by atoms with Crippen LogP contribution in [0.1, 0.15) is 18.5 Å². The fourth-order valence-electron chi connectivity index (χ4n) is 3.44. The molecular weight excluding hydrogens is 337 g/mol. The summed E-state index contributed by atoms with van der Waals surface area (Å²) in [4.78, 5) is 21.0. The van der Waals surface area contributed by atoms with E-state index in [0.29, 0.717) is 32.1 Å². The first kappa shape index (κ1) is 17.2. The summed E-state index contributed by atoms with van der Waals surface area (Å²) < 4.78 is 24.0. The molecule has 1 aromatic heterocycles. The number of hydrogen-bond donors (Lipinski definition) is 0. The highest BCUT2D eigenvalue weighted by molar-refractivity contribution is 5.81. The predicted molar refractivity (Wildman–Crippen MR) is 92.7 cm³/mol. The zero-order valence-electron chi connectivity index (χ0n) is 14.6. The smallest absolute Gasteiger partial charge is 0.251 e. The lowest BCUT2D eigenvalue weighted by Crippen LogP contribution is -2.51. The SMILES string of the molecule is O=C([C@@H]1CCCO1)N1CCN(Cc2coc(-c3ccc(F)cc3)n2)CC1. The molecule has 0 bridgehead atoms. The van der Waals surface area contributed by atoms with Gasteiger partial charge in [0.25, 0.3) is 5.91 Å². The van der Waals surface area contributed by atoms with Crippen LogP contribution >= 0.6 is 0 Å². The number of rotatable bonds is 4. The molecule has 2 saturated heterocycles. The van der Waals surface area contributed by atoms with Crippen molar-refractivity contribution in [2.75, 3.05) is 32.8 Å². The third-order valence-electron chi connectivity index (χ3n) is 4.92. The summed E-state index contributed by atoms with van der Waals surface area (Å²) in [7, 11) is 0. The van der Waals surface area contributed by atoms with E-state index >= 15 is 0 Å². The molecule has 0 radical (unpaired) electrons. The van der Waals surface area contributed by atoms with E-state index in [2.05, 4.69) is 9.88 Å². The molecule has 2 fully saturated rings. The van der Waals surface area contributed by atoms with E-state index < -0.39 is 0 Å². The molecule has 0 unspecified atom stereocenters. The van der Waals surface area contributed by atoms with Gasteiger partial charge in [0, 0.05) is 44.9 Å². The normalized spacial score (nSPS) is 21.3. The van der Waals surface area contributed by atoms with Gasteiger partial charge >= 0.3 is 0 Å². The van der Waals surface area contributed by atoms with E-state index in [9.17, 15) is 9.18 Å². The van der Waals surface area contributed by atoms with Gasteiger partial charge in [-0.2, -0.15) is 0 Å². The lowest BCUT2D eigenvalue weighted by Gasteiger charge is -2.35. The van der Waals surface area contributed by atoms with Crippen molar-refractivity contribution >= 4 is 5.91 Å². The molecule has 1 aromatic carbocycles. The van der Waals surface area contributed by atoms with Crippen LogP contribution in [-0.2, 0) is 16.1 Å².